The Bertz CT molecular complexity index is 514. The zero-order valence-corrected chi connectivity index (χ0v) is 9.79. The van der Waals surface area contributed by atoms with E-state index >= 15 is 0 Å². The molecule has 2 aromatic rings. The third-order valence-corrected chi connectivity index (χ3v) is 3.19. The molecule has 0 spiro atoms. The number of rotatable bonds is 2. The topological polar surface area (TPSA) is 38.9 Å². The lowest BCUT2D eigenvalue weighted by molar-refractivity contribution is 0.386. The summed E-state index contributed by atoms with van der Waals surface area (Å²) in [4.78, 5) is 3.90. The molecule has 82 valence electrons. The van der Waals surface area contributed by atoms with E-state index in [9.17, 15) is 0 Å². The van der Waals surface area contributed by atoms with Gasteiger partial charge in [0.2, 0.25) is 0 Å². The fourth-order valence-electron chi connectivity index (χ4n) is 1.62. The summed E-state index contributed by atoms with van der Waals surface area (Å²) in [6.45, 7) is 0. The SMILES string of the molecule is Clc1cncc(Cl)c1-c1cc(C2CC2)on1. The summed E-state index contributed by atoms with van der Waals surface area (Å²) < 4.78 is 5.27. The molecule has 0 aromatic carbocycles. The van der Waals surface area contributed by atoms with Gasteiger partial charge in [-0.1, -0.05) is 28.4 Å². The smallest absolute Gasteiger partial charge is 0.140 e. The van der Waals surface area contributed by atoms with E-state index in [1.807, 2.05) is 6.07 Å². The second-order valence-corrected chi connectivity index (χ2v) is 4.68. The molecule has 0 radical (unpaired) electrons. The van der Waals surface area contributed by atoms with Crippen LogP contribution in [0.1, 0.15) is 24.5 Å². The van der Waals surface area contributed by atoms with Gasteiger partial charge in [-0.05, 0) is 12.8 Å². The Kier molecular flexibility index (Phi) is 2.37. The number of pyridine rings is 1. The minimum atomic E-state index is 0.489. The third-order valence-electron chi connectivity index (χ3n) is 2.62. The first-order valence-corrected chi connectivity index (χ1v) is 5.77. The average Bonchev–Trinajstić information content (AvgIpc) is 2.99. The molecule has 16 heavy (non-hydrogen) atoms. The highest BCUT2D eigenvalue weighted by molar-refractivity contribution is 6.38. The first-order chi connectivity index (χ1) is 7.75. The van der Waals surface area contributed by atoms with E-state index in [-0.39, 0.29) is 0 Å². The Morgan fingerprint density at radius 1 is 1.19 bits per heavy atom. The van der Waals surface area contributed by atoms with Gasteiger partial charge in [-0.25, -0.2) is 0 Å². The summed E-state index contributed by atoms with van der Waals surface area (Å²) in [5.41, 5.74) is 1.37. The van der Waals surface area contributed by atoms with Gasteiger partial charge in [0.1, 0.15) is 11.5 Å². The molecule has 0 saturated heterocycles. The van der Waals surface area contributed by atoms with Crippen LogP contribution in [-0.2, 0) is 0 Å². The van der Waals surface area contributed by atoms with Crippen LogP contribution < -0.4 is 0 Å². The van der Waals surface area contributed by atoms with Crippen molar-refractivity contribution < 1.29 is 4.52 Å². The third kappa shape index (κ3) is 1.70. The van der Waals surface area contributed by atoms with E-state index in [1.165, 1.54) is 12.8 Å². The van der Waals surface area contributed by atoms with Crippen molar-refractivity contribution in [3.05, 3.63) is 34.3 Å². The van der Waals surface area contributed by atoms with Crippen molar-refractivity contribution in [3.63, 3.8) is 0 Å². The molecule has 0 N–H and O–H groups in total. The van der Waals surface area contributed by atoms with Crippen molar-refractivity contribution >= 4 is 23.2 Å². The van der Waals surface area contributed by atoms with Crippen LogP contribution in [0.3, 0.4) is 0 Å². The molecule has 0 unspecified atom stereocenters. The van der Waals surface area contributed by atoms with Crippen LogP contribution in [0.2, 0.25) is 10.0 Å². The molecule has 3 nitrogen and oxygen atoms in total. The van der Waals surface area contributed by atoms with Gasteiger partial charge < -0.3 is 4.52 Å². The number of nitrogens with zero attached hydrogens (tertiary/aromatic N) is 2. The van der Waals surface area contributed by atoms with Crippen molar-refractivity contribution in [2.24, 2.45) is 0 Å². The van der Waals surface area contributed by atoms with Gasteiger partial charge >= 0.3 is 0 Å². The molecular formula is C11H8Cl2N2O. The molecule has 5 heteroatoms. The highest BCUT2D eigenvalue weighted by Crippen LogP contribution is 2.42. The molecule has 0 bridgehead atoms. The maximum absolute atomic E-state index is 6.04. The number of hydrogen-bond acceptors (Lipinski definition) is 3. The monoisotopic (exact) mass is 254 g/mol. The molecule has 2 heterocycles. The summed E-state index contributed by atoms with van der Waals surface area (Å²) in [6.07, 6.45) is 5.45. The molecule has 3 rings (SSSR count). The summed E-state index contributed by atoms with van der Waals surface area (Å²) in [5.74, 6) is 1.44. The van der Waals surface area contributed by atoms with Gasteiger partial charge in [-0.3, -0.25) is 4.98 Å². The molecule has 0 amide bonds. The first kappa shape index (κ1) is 10.1. The van der Waals surface area contributed by atoms with Crippen molar-refractivity contribution in [2.45, 2.75) is 18.8 Å². The molecule has 1 aliphatic rings. The Balaban J connectivity index is 2.06. The Morgan fingerprint density at radius 3 is 2.50 bits per heavy atom. The average molecular weight is 255 g/mol. The molecule has 1 aliphatic carbocycles. The predicted molar refractivity (Wildman–Crippen MR) is 61.7 cm³/mol. The van der Waals surface area contributed by atoms with E-state index in [2.05, 4.69) is 10.1 Å². The lowest BCUT2D eigenvalue weighted by atomic mass is 10.2. The van der Waals surface area contributed by atoms with Gasteiger partial charge in [0, 0.05) is 29.9 Å². The second kappa shape index (κ2) is 3.75. The molecule has 2 aromatic heterocycles. The standard InChI is InChI=1S/C11H8Cl2N2O/c12-7-4-14-5-8(13)11(7)9-3-10(16-15-9)6-1-2-6/h3-6H,1-2H2. The largest absolute Gasteiger partial charge is 0.360 e. The lowest BCUT2D eigenvalue weighted by Crippen LogP contribution is -1.83. The minimum absolute atomic E-state index is 0.489. The van der Waals surface area contributed by atoms with Crippen LogP contribution in [0.5, 0.6) is 0 Å². The molecule has 0 aliphatic heterocycles. The fourth-order valence-corrected chi connectivity index (χ4v) is 2.18. The van der Waals surface area contributed by atoms with Crippen LogP contribution in [0.4, 0.5) is 0 Å². The minimum Gasteiger partial charge on any atom is -0.360 e. The lowest BCUT2D eigenvalue weighted by Gasteiger charge is -2.00. The van der Waals surface area contributed by atoms with Gasteiger partial charge in [0.15, 0.2) is 0 Å². The highest BCUT2D eigenvalue weighted by Gasteiger charge is 2.28. The molecule has 0 atom stereocenters. The zero-order chi connectivity index (χ0) is 11.1. The molecular weight excluding hydrogens is 247 g/mol. The van der Waals surface area contributed by atoms with E-state index in [4.69, 9.17) is 27.7 Å². The quantitative estimate of drug-likeness (QED) is 0.816. The van der Waals surface area contributed by atoms with E-state index in [1.54, 1.807) is 12.4 Å². The Hall–Kier alpha value is -1.06. The van der Waals surface area contributed by atoms with E-state index < -0.39 is 0 Å². The van der Waals surface area contributed by atoms with Crippen molar-refractivity contribution in [1.82, 2.24) is 10.1 Å². The number of halogens is 2. The van der Waals surface area contributed by atoms with Crippen LogP contribution >= 0.6 is 23.2 Å². The maximum Gasteiger partial charge on any atom is 0.140 e. The number of hydrogen-bond donors (Lipinski definition) is 0. The zero-order valence-electron chi connectivity index (χ0n) is 8.28. The van der Waals surface area contributed by atoms with Crippen LogP contribution in [0.25, 0.3) is 11.3 Å². The molecule has 1 fully saturated rings. The van der Waals surface area contributed by atoms with Gasteiger partial charge in [-0.15, -0.1) is 0 Å². The first-order valence-electron chi connectivity index (χ1n) is 5.01. The molecule has 1 saturated carbocycles. The maximum atomic E-state index is 6.04. The van der Waals surface area contributed by atoms with Crippen LogP contribution in [0, 0.1) is 0 Å². The summed E-state index contributed by atoms with van der Waals surface area (Å²) in [6, 6.07) is 1.91. The van der Waals surface area contributed by atoms with E-state index in [0.717, 1.165) is 5.76 Å². The summed E-state index contributed by atoms with van der Waals surface area (Å²) in [5, 5.41) is 4.98. The van der Waals surface area contributed by atoms with Crippen molar-refractivity contribution in [3.8, 4) is 11.3 Å². The van der Waals surface area contributed by atoms with Gasteiger partial charge in [0.05, 0.1) is 10.0 Å². The summed E-state index contributed by atoms with van der Waals surface area (Å²) in [7, 11) is 0. The van der Waals surface area contributed by atoms with E-state index in [0.29, 0.717) is 27.2 Å². The fraction of sp³-hybridized carbons (Fsp3) is 0.273. The Labute approximate surface area is 102 Å². The van der Waals surface area contributed by atoms with Crippen LogP contribution in [0.15, 0.2) is 23.0 Å². The van der Waals surface area contributed by atoms with Crippen molar-refractivity contribution in [1.29, 1.82) is 0 Å². The van der Waals surface area contributed by atoms with Crippen molar-refractivity contribution in [2.75, 3.05) is 0 Å². The highest BCUT2D eigenvalue weighted by atomic mass is 35.5. The normalized spacial score (nSPS) is 15.4. The Morgan fingerprint density at radius 2 is 1.88 bits per heavy atom. The van der Waals surface area contributed by atoms with Crippen LogP contribution in [-0.4, -0.2) is 10.1 Å². The predicted octanol–water partition coefficient (Wildman–Crippen LogP) is 3.92. The number of aromatic nitrogens is 2. The summed E-state index contributed by atoms with van der Waals surface area (Å²) >= 11 is 12.1. The second-order valence-electron chi connectivity index (χ2n) is 3.87. The van der Waals surface area contributed by atoms with Gasteiger partial charge in [-0.2, -0.15) is 0 Å². The van der Waals surface area contributed by atoms with Gasteiger partial charge in [0.25, 0.3) is 0 Å².